The third-order valence-electron chi connectivity index (χ3n) is 5.20. The molecule has 1 amide bonds. The van der Waals surface area contributed by atoms with Crippen molar-refractivity contribution in [2.75, 3.05) is 37.6 Å². The molecule has 1 aliphatic heterocycles. The summed E-state index contributed by atoms with van der Waals surface area (Å²) in [6.07, 6.45) is 4.51. The van der Waals surface area contributed by atoms with Crippen LogP contribution in [0, 0.1) is 5.92 Å². The van der Waals surface area contributed by atoms with Gasteiger partial charge in [0, 0.05) is 50.0 Å². The maximum absolute atomic E-state index is 12.6. The average Bonchev–Trinajstić information content (AvgIpc) is 2.64. The number of unbranched alkanes of at least 4 members (excludes halogenated alkanes) is 1. The number of nitrogens with zero attached hydrogens (tertiary/aromatic N) is 2. The standard InChI is InChI=1S/C22H37N3O/c1-5-7-14-25(6-2)21-10-8-19(9-11-21)22(26)23-20-12-15-24(16-13-20)17-18(3)4/h8-11,18,20H,5-7,12-17H2,1-4H3,(H,23,26). The van der Waals surface area contributed by atoms with Gasteiger partial charge in [-0.25, -0.2) is 0 Å². The van der Waals surface area contributed by atoms with Crippen LogP contribution in [-0.4, -0.2) is 49.6 Å². The lowest BCUT2D eigenvalue weighted by Crippen LogP contribution is -2.45. The summed E-state index contributed by atoms with van der Waals surface area (Å²) < 4.78 is 0. The summed E-state index contributed by atoms with van der Waals surface area (Å²) in [6.45, 7) is 14.3. The molecule has 1 aromatic rings. The molecule has 4 heteroatoms. The molecule has 1 heterocycles. The van der Waals surface area contributed by atoms with Gasteiger partial charge in [0.05, 0.1) is 0 Å². The molecule has 1 aromatic carbocycles. The summed E-state index contributed by atoms with van der Waals surface area (Å²) in [5.74, 6) is 0.773. The average molecular weight is 360 g/mol. The smallest absolute Gasteiger partial charge is 0.251 e. The molecule has 0 bridgehead atoms. The molecule has 0 spiro atoms. The van der Waals surface area contributed by atoms with E-state index in [-0.39, 0.29) is 5.91 Å². The van der Waals surface area contributed by atoms with E-state index >= 15 is 0 Å². The van der Waals surface area contributed by atoms with Gasteiger partial charge in [0.15, 0.2) is 0 Å². The molecule has 1 aliphatic rings. The van der Waals surface area contributed by atoms with Gasteiger partial charge in [0.25, 0.3) is 5.91 Å². The van der Waals surface area contributed by atoms with Crippen molar-refractivity contribution in [3.8, 4) is 0 Å². The number of carbonyl (C=O) groups is 1. The van der Waals surface area contributed by atoms with Gasteiger partial charge in [-0.2, -0.15) is 0 Å². The van der Waals surface area contributed by atoms with Gasteiger partial charge < -0.3 is 15.1 Å². The number of hydrogen-bond donors (Lipinski definition) is 1. The lowest BCUT2D eigenvalue weighted by atomic mass is 10.0. The van der Waals surface area contributed by atoms with E-state index in [1.165, 1.54) is 18.5 Å². The summed E-state index contributed by atoms with van der Waals surface area (Å²) in [5, 5.41) is 3.23. The topological polar surface area (TPSA) is 35.6 Å². The second kappa shape index (κ2) is 10.6. The molecule has 4 nitrogen and oxygen atoms in total. The van der Waals surface area contributed by atoms with E-state index < -0.39 is 0 Å². The van der Waals surface area contributed by atoms with Crippen molar-refractivity contribution >= 4 is 11.6 Å². The number of hydrogen-bond acceptors (Lipinski definition) is 3. The molecule has 26 heavy (non-hydrogen) atoms. The van der Waals surface area contributed by atoms with Crippen molar-refractivity contribution in [2.24, 2.45) is 5.92 Å². The van der Waals surface area contributed by atoms with E-state index in [0.717, 1.165) is 51.1 Å². The van der Waals surface area contributed by atoms with Crippen molar-refractivity contribution in [3.63, 3.8) is 0 Å². The fourth-order valence-corrected chi connectivity index (χ4v) is 3.69. The Morgan fingerprint density at radius 1 is 1.19 bits per heavy atom. The number of anilines is 1. The first-order chi connectivity index (χ1) is 12.5. The highest BCUT2D eigenvalue weighted by Gasteiger charge is 2.21. The molecule has 0 aromatic heterocycles. The SMILES string of the molecule is CCCCN(CC)c1ccc(C(=O)NC2CCN(CC(C)C)CC2)cc1. The summed E-state index contributed by atoms with van der Waals surface area (Å²) in [5.41, 5.74) is 1.98. The predicted molar refractivity (Wildman–Crippen MR) is 111 cm³/mol. The molecular formula is C22H37N3O. The lowest BCUT2D eigenvalue weighted by molar-refractivity contribution is 0.0907. The summed E-state index contributed by atoms with van der Waals surface area (Å²) >= 11 is 0. The Morgan fingerprint density at radius 3 is 2.38 bits per heavy atom. The predicted octanol–water partition coefficient (Wildman–Crippen LogP) is 4.16. The maximum atomic E-state index is 12.6. The highest BCUT2D eigenvalue weighted by molar-refractivity contribution is 5.94. The van der Waals surface area contributed by atoms with Crippen LogP contribution in [0.25, 0.3) is 0 Å². The monoisotopic (exact) mass is 359 g/mol. The molecule has 0 unspecified atom stereocenters. The van der Waals surface area contributed by atoms with Crippen molar-refractivity contribution in [2.45, 2.75) is 59.4 Å². The molecular weight excluding hydrogens is 322 g/mol. The molecule has 0 saturated carbocycles. The zero-order chi connectivity index (χ0) is 18.9. The van der Waals surface area contributed by atoms with Gasteiger partial charge in [0.1, 0.15) is 0 Å². The minimum Gasteiger partial charge on any atom is -0.372 e. The summed E-state index contributed by atoms with van der Waals surface area (Å²) in [4.78, 5) is 17.4. The van der Waals surface area contributed by atoms with Crippen LogP contribution >= 0.6 is 0 Å². The number of piperidine rings is 1. The van der Waals surface area contributed by atoms with Gasteiger partial charge in [-0.05, 0) is 56.4 Å². The van der Waals surface area contributed by atoms with Crippen LogP contribution in [0.5, 0.6) is 0 Å². The minimum atomic E-state index is 0.0652. The Labute approximate surface area is 159 Å². The van der Waals surface area contributed by atoms with Crippen LogP contribution in [0.1, 0.15) is 63.7 Å². The Balaban J connectivity index is 1.84. The van der Waals surface area contributed by atoms with Crippen molar-refractivity contribution in [3.05, 3.63) is 29.8 Å². The number of amides is 1. The second-order valence-corrected chi connectivity index (χ2v) is 7.92. The second-order valence-electron chi connectivity index (χ2n) is 7.92. The molecule has 146 valence electrons. The first kappa shape index (κ1) is 20.8. The van der Waals surface area contributed by atoms with Crippen LogP contribution < -0.4 is 10.2 Å². The minimum absolute atomic E-state index is 0.0652. The van der Waals surface area contributed by atoms with Crippen LogP contribution in [-0.2, 0) is 0 Å². The Hall–Kier alpha value is -1.55. The Bertz CT molecular complexity index is 533. The van der Waals surface area contributed by atoms with E-state index in [1.807, 2.05) is 12.1 Å². The van der Waals surface area contributed by atoms with Gasteiger partial charge in [-0.15, -0.1) is 0 Å². The van der Waals surface area contributed by atoms with Crippen molar-refractivity contribution in [1.82, 2.24) is 10.2 Å². The van der Waals surface area contributed by atoms with Crippen LogP contribution in [0.15, 0.2) is 24.3 Å². The zero-order valence-electron chi connectivity index (χ0n) is 17.1. The number of nitrogens with one attached hydrogen (secondary N) is 1. The summed E-state index contributed by atoms with van der Waals surface area (Å²) in [7, 11) is 0. The van der Waals surface area contributed by atoms with Crippen LogP contribution in [0.4, 0.5) is 5.69 Å². The van der Waals surface area contributed by atoms with Gasteiger partial charge in [-0.3, -0.25) is 4.79 Å². The summed E-state index contributed by atoms with van der Waals surface area (Å²) in [6, 6.07) is 8.40. The van der Waals surface area contributed by atoms with Crippen molar-refractivity contribution < 1.29 is 4.79 Å². The molecule has 1 saturated heterocycles. The highest BCUT2D eigenvalue weighted by Crippen LogP contribution is 2.17. The number of rotatable bonds is 9. The number of likely N-dealkylation sites (tertiary alicyclic amines) is 1. The molecule has 1 N–H and O–H groups in total. The fourth-order valence-electron chi connectivity index (χ4n) is 3.69. The zero-order valence-corrected chi connectivity index (χ0v) is 17.1. The third-order valence-corrected chi connectivity index (χ3v) is 5.20. The largest absolute Gasteiger partial charge is 0.372 e. The maximum Gasteiger partial charge on any atom is 0.251 e. The molecule has 0 atom stereocenters. The number of benzene rings is 1. The van der Waals surface area contributed by atoms with E-state index in [4.69, 9.17) is 0 Å². The van der Waals surface area contributed by atoms with E-state index in [9.17, 15) is 4.79 Å². The van der Waals surface area contributed by atoms with Gasteiger partial charge >= 0.3 is 0 Å². The normalized spacial score (nSPS) is 16.0. The first-order valence-corrected chi connectivity index (χ1v) is 10.4. The Kier molecular flexibility index (Phi) is 8.43. The van der Waals surface area contributed by atoms with Crippen molar-refractivity contribution in [1.29, 1.82) is 0 Å². The van der Waals surface area contributed by atoms with Crippen LogP contribution in [0.2, 0.25) is 0 Å². The molecule has 0 aliphatic carbocycles. The van der Waals surface area contributed by atoms with E-state index in [0.29, 0.717) is 12.0 Å². The molecule has 0 radical (unpaired) electrons. The van der Waals surface area contributed by atoms with Gasteiger partial charge in [-0.1, -0.05) is 27.2 Å². The van der Waals surface area contributed by atoms with Crippen LogP contribution in [0.3, 0.4) is 0 Å². The van der Waals surface area contributed by atoms with E-state index in [2.05, 4.69) is 54.9 Å². The fraction of sp³-hybridized carbons (Fsp3) is 0.682. The first-order valence-electron chi connectivity index (χ1n) is 10.4. The highest BCUT2D eigenvalue weighted by atomic mass is 16.1. The quantitative estimate of drug-likeness (QED) is 0.719. The Morgan fingerprint density at radius 2 is 1.85 bits per heavy atom. The van der Waals surface area contributed by atoms with Gasteiger partial charge in [0.2, 0.25) is 0 Å². The molecule has 2 rings (SSSR count). The number of carbonyl (C=O) groups excluding carboxylic acids is 1. The third kappa shape index (κ3) is 6.31. The lowest BCUT2D eigenvalue weighted by Gasteiger charge is -2.33. The molecule has 1 fully saturated rings. The van der Waals surface area contributed by atoms with E-state index in [1.54, 1.807) is 0 Å².